The average molecular weight is 412 g/mol. The fourth-order valence-corrected chi connectivity index (χ4v) is 2.79. The molecule has 8 heteroatoms. The summed E-state index contributed by atoms with van der Waals surface area (Å²) < 4.78 is 0. The number of hydrogen-bond donors (Lipinski definition) is 4. The number of phenolic OH excluding ortho intramolecular Hbond substituents is 1. The van der Waals surface area contributed by atoms with E-state index in [4.69, 9.17) is 35.4 Å². The summed E-state index contributed by atoms with van der Waals surface area (Å²) in [5.41, 5.74) is 1.73. The van der Waals surface area contributed by atoms with Gasteiger partial charge in [-0.1, -0.05) is 41.4 Å². The van der Waals surface area contributed by atoms with Gasteiger partial charge in [0.1, 0.15) is 5.75 Å². The SMILES string of the molecule is O=C(Cc1ccc(O)cc1)NCCNC(=S)NCc1ccc(Cl)cc1Cl. The molecule has 2 rings (SSSR count). The van der Waals surface area contributed by atoms with Crippen molar-refractivity contribution < 1.29 is 9.90 Å². The third kappa shape index (κ3) is 7.07. The molecule has 0 fully saturated rings. The van der Waals surface area contributed by atoms with Gasteiger partial charge in [0.2, 0.25) is 5.91 Å². The van der Waals surface area contributed by atoms with Gasteiger partial charge in [0, 0.05) is 29.7 Å². The van der Waals surface area contributed by atoms with Gasteiger partial charge in [0.05, 0.1) is 6.42 Å². The normalized spacial score (nSPS) is 10.2. The van der Waals surface area contributed by atoms with E-state index >= 15 is 0 Å². The van der Waals surface area contributed by atoms with E-state index in [1.807, 2.05) is 6.07 Å². The van der Waals surface area contributed by atoms with Crippen molar-refractivity contribution in [2.24, 2.45) is 0 Å². The first-order valence-electron chi connectivity index (χ1n) is 7.94. The molecule has 0 heterocycles. The number of thiocarbonyl (C=S) groups is 1. The number of carbonyl (C=O) groups is 1. The molecule has 0 saturated carbocycles. The predicted octanol–water partition coefficient (Wildman–Crippen LogP) is 3.02. The first-order chi connectivity index (χ1) is 12.4. The summed E-state index contributed by atoms with van der Waals surface area (Å²) in [6, 6.07) is 11.8. The molecule has 5 nitrogen and oxygen atoms in total. The number of phenols is 1. The van der Waals surface area contributed by atoms with E-state index in [2.05, 4.69) is 16.0 Å². The van der Waals surface area contributed by atoms with Crippen LogP contribution in [-0.4, -0.2) is 29.2 Å². The fourth-order valence-electron chi connectivity index (χ4n) is 2.14. The second kappa shape index (κ2) is 10.2. The summed E-state index contributed by atoms with van der Waals surface area (Å²) in [5.74, 6) is 0.0866. The minimum Gasteiger partial charge on any atom is -0.508 e. The van der Waals surface area contributed by atoms with Crippen LogP contribution in [0.15, 0.2) is 42.5 Å². The van der Waals surface area contributed by atoms with Crippen molar-refractivity contribution in [3.8, 4) is 5.75 Å². The van der Waals surface area contributed by atoms with Crippen molar-refractivity contribution in [2.75, 3.05) is 13.1 Å². The highest BCUT2D eigenvalue weighted by Crippen LogP contribution is 2.20. The molecule has 0 aliphatic rings. The molecule has 138 valence electrons. The molecular weight excluding hydrogens is 393 g/mol. The molecule has 2 aromatic rings. The number of rotatable bonds is 7. The lowest BCUT2D eigenvalue weighted by Crippen LogP contribution is -2.40. The van der Waals surface area contributed by atoms with Crippen molar-refractivity contribution in [1.29, 1.82) is 0 Å². The van der Waals surface area contributed by atoms with Gasteiger partial charge in [-0.05, 0) is 47.6 Å². The minimum atomic E-state index is -0.0932. The monoisotopic (exact) mass is 411 g/mol. The second-order valence-corrected chi connectivity index (χ2v) is 6.79. The van der Waals surface area contributed by atoms with Crippen LogP contribution in [0.4, 0.5) is 0 Å². The first-order valence-corrected chi connectivity index (χ1v) is 9.10. The van der Waals surface area contributed by atoms with Crippen molar-refractivity contribution >= 4 is 46.4 Å². The van der Waals surface area contributed by atoms with Crippen LogP contribution in [0, 0.1) is 0 Å². The Morgan fingerprint density at radius 2 is 1.69 bits per heavy atom. The van der Waals surface area contributed by atoms with Crippen LogP contribution in [0.5, 0.6) is 5.75 Å². The molecular formula is C18H19Cl2N3O2S. The largest absolute Gasteiger partial charge is 0.508 e. The average Bonchev–Trinajstić information content (AvgIpc) is 2.60. The van der Waals surface area contributed by atoms with Gasteiger partial charge in [0.15, 0.2) is 5.11 Å². The van der Waals surface area contributed by atoms with Crippen LogP contribution in [0.1, 0.15) is 11.1 Å². The number of hydrogen-bond acceptors (Lipinski definition) is 3. The number of amides is 1. The Balaban J connectivity index is 1.62. The Morgan fingerprint density at radius 3 is 2.38 bits per heavy atom. The lowest BCUT2D eigenvalue weighted by Gasteiger charge is -2.12. The molecule has 2 aromatic carbocycles. The number of aromatic hydroxyl groups is 1. The molecule has 0 aliphatic carbocycles. The molecule has 0 spiro atoms. The third-order valence-corrected chi connectivity index (χ3v) is 4.36. The number of nitrogens with one attached hydrogen (secondary N) is 3. The van der Waals surface area contributed by atoms with Crippen LogP contribution in [0.2, 0.25) is 10.0 Å². The maximum atomic E-state index is 11.8. The summed E-state index contributed by atoms with van der Waals surface area (Å²) in [6.45, 7) is 1.43. The molecule has 0 bridgehead atoms. The maximum Gasteiger partial charge on any atom is 0.224 e. The fraction of sp³-hybridized carbons (Fsp3) is 0.222. The molecule has 0 saturated heterocycles. The predicted molar refractivity (Wildman–Crippen MR) is 109 cm³/mol. The lowest BCUT2D eigenvalue weighted by molar-refractivity contribution is -0.120. The van der Waals surface area contributed by atoms with Gasteiger partial charge < -0.3 is 21.1 Å². The van der Waals surface area contributed by atoms with Gasteiger partial charge in [-0.2, -0.15) is 0 Å². The lowest BCUT2D eigenvalue weighted by atomic mass is 10.1. The summed E-state index contributed by atoms with van der Waals surface area (Å²) in [5, 5.41) is 19.7. The summed E-state index contributed by atoms with van der Waals surface area (Å²) in [4.78, 5) is 11.8. The van der Waals surface area contributed by atoms with Gasteiger partial charge >= 0.3 is 0 Å². The van der Waals surface area contributed by atoms with Gasteiger partial charge in [-0.25, -0.2) is 0 Å². The molecule has 0 radical (unpaired) electrons. The van der Waals surface area contributed by atoms with Crippen molar-refractivity contribution in [2.45, 2.75) is 13.0 Å². The zero-order valence-electron chi connectivity index (χ0n) is 13.9. The second-order valence-electron chi connectivity index (χ2n) is 5.54. The molecule has 0 aliphatic heterocycles. The van der Waals surface area contributed by atoms with Crippen molar-refractivity contribution in [1.82, 2.24) is 16.0 Å². The van der Waals surface area contributed by atoms with E-state index in [0.717, 1.165) is 11.1 Å². The minimum absolute atomic E-state index is 0.0932. The Labute approximate surface area is 167 Å². The highest BCUT2D eigenvalue weighted by atomic mass is 35.5. The molecule has 0 atom stereocenters. The zero-order valence-corrected chi connectivity index (χ0v) is 16.2. The smallest absolute Gasteiger partial charge is 0.224 e. The zero-order chi connectivity index (χ0) is 18.9. The standard InChI is InChI=1S/C18H19Cl2N3O2S/c19-14-4-3-13(16(20)10-14)11-23-18(26)22-8-7-21-17(25)9-12-1-5-15(24)6-2-12/h1-6,10,24H,7-9,11H2,(H,21,25)(H2,22,23,26). The Bertz CT molecular complexity index is 770. The van der Waals surface area contributed by atoms with E-state index < -0.39 is 0 Å². The summed E-state index contributed by atoms with van der Waals surface area (Å²) >= 11 is 17.1. The molecule has 0 aromatic heterocycles. The van der Waals surface area contributed by atoms with E-state index in [1.54, 1.807) is 36.4 Å². The third-order valence-electron chi connectivity index (χ3n) is 3.49. The van der Waals surface area contributed by atoms with Crippen molar-refractivity contribution in [3.05, 3.63) is 63.6 Å². The van der Waals surface area contributed by atoms with E-state index in [1.165, 1.54) is 0 Å². The molecule has 4 N–H and O–H groups in total. The highest BCUT2D eigenvalue weighted by molar-refractivity contribution is 7.80. The first kappa shape index (κ1) is 20.3. The Hall–Kier alpha value is -2.02. The maximum absolute atomic E-state index is 11.8. The van der Waals surface area contributed by atoms with Crippen molar-refractivity contribution in [3.63, 3.8) is 0 Å². The number of carbonyl (C=O) groups excluding carboxylic acids is 1. The van der Waals surface area contributed by atoms with Gasteiger partial charge in [-0.15, -0.1) is 0 Å². The Kier molecular flexibility index (Phi) is 7.97. The molecule has 1 amide bonds. The summed E-state index contributed by atoms with van der Waals surface area (Å²) in [6.07, 6.45) is 0.262. The molecule has 26 heavy (non-hydrogen) atoms. The van der Waals surface area contributed by atoms with Gasteiger partial charge in [0.25, 0.3) is 0 Å². The van der Waals surface area contributed by atoms with Gasteiger partial charge in [-0.3, -0.25) is 4.79 Å². The van der Waals surface area contributed by atoms with Crippen LogP contribution in [0.3, 0.4) is 0 Å². The number of halogens is 2. The summed E-state index contributed by atoms with van der Waals surface area (Å²) in [7, 11) is 0. The van der Waals surface area contributed by atoms with E-state index in [0.29, 0.717) is 34.8 Å². The van der Waals surface area contributed by atoms with Crippen LogP contribution < -0.4 is 16.0 Å². The highest BCUT2D eigenvalue weighted by Gasteiger charge is 2.04. The quantitative estimate of drug-likeness (QED) is 0.416. The van der Waals surface area contributed by atoms with Crippen LogP contribution in [0.25, 0.3) is 0 Å². The topological polar surface area (TPSA) is 73.4 Å². The van der Waals surface area contributed by atoms with E-state index in [9.17, 15) is 9.90 Å². The number of benzene rings is 2. The molecule has 0 unspecified atom stereocenters. The van der Waals surface area contributed by atoms with Crippen LogP contribution in [-0.2, 0) is 17.8 Å². The van der Waals surface area contributed by atoms with Crippen LogP contribution >= 0.6 is 35.4 Å². The Morgan fingerprint density at radius 1 is 1.00 bits per heavy atom. The van der Waals surface area contributed by atoms with E-state index in [-0.39, 0.29) is 18.1 Å².